The van der Waals surface area contributed by atoms with E-state index >= 15 is 0 Å². The van der Waals surface area contributed by atoms with Crippen LogP contribution in [-0.2, 0) is 6.54 Å². The Hall–Kier alpha value is -2.30. The third-order valence-corrected chi connectivity index (χ3v) is 2.57. The summed E-state index contributed by atoms with van der Waals surface area (Å²) in [4.78, 5) is 12.0. The van der Waals surface area contributed by atoms with Crippen molar-refractivity contribution >= 4 is 5.91 Å². The van der Waals surface area contributed by atoms with Gasteiger partial charge in [0.15, 0.2) is 0 Å². The molecule has 0 spiro atoms. The second-order valence-electron chi connectivity index (χ2n) is 4.14. The summed E-state index contributed by atoms with van der Waals surface area (Å²) in [6.45, 7) is 3.12. The lowest BCUT2D eigenvalue weighted by atomic mass is 10.2. The SMILES string of the molecule is CCCOc1cccc(C(=O)NCc2ccn[nH]2)c1. The number of carbonyl (C=O) groups excluding carboxylic acids is 1. The predicted molar refractivity (Wildman–Crippen MR) is 72.0 cm³/mol. The zero-order chi connectivity index (χ0) is 13.5. The maximum atomic E-state index is 12.0. The van der Waals surface area contributed by atoms with Gasteiger partial charge in [0.2, 0.25) is 0 Å². The zero-order valence-electron chi connectivity index (χ0n) is 10.8. The molecule has 0 aliphatic carbocycles. The van der Waals surface area contributed by atoms with E-state index in [-0.39, 0.29) is 5.91 Å². The molecule has 0 aliphatic rings. The first-order chi connectivity index (χ1) is 9.29. The highest BCUT2D eigenvalue weighted by Crippen LogP contribution is 2.13. The van der Waals surface area contributed by atoms with Crippen molar-refractivity contribution in [1.29, 1.82) is 0 Å². The largest absolute Gasteiger partial charge is 0.494 e. The molecule has 0 bridgehead atoms. The van der Waals surface area contributed by atoms with Crippen molar-refractivity contribution in [3.63, 3.8) is 0 Å². The Labute approximate surface area is 112 Å². The highest BCUT2D eigenvalue weighted by molar-refractivity contribution is 5.94. The van der Waals surface area contributed by atoms with Crippen molar-refractivity contribution in [2.24, 2.45) is 0 Å². The molecule has 2 aromatic rings. The summed E-state index contributed by atoms with van der Waals surface area (Å²) in [5, 5.41) is 9.44. The Balaban J connectivity index is 1.94. The summed E-state index contributed by atoms with van der Waals surface area (Å²) in [6.07, 6.45) is 2.59. The van der Waals surface area contributed by atoms with Gasteiger partial charge >= 0.3 is 0 Å². The molecular formula is C14H17N3O2. The number of hydrogen-bond donors (Lipinski definition) is 2. The number of benzene rings is 1. The smallest absolute Gasteiger partial charge is 0.251 e. The second kappa shape index (κ2) is 6.58. The lowest BCUT2D eigenvalue weighted by Crippen LogP contribution is -2.22. The summed E-state index contributed by atoms with van der Waals surface area (Å²) in [5.41, 5.74) is 1.46. The summed E-state index contributed by atoms with van der Waals surface area (Å²) in [6, 6.07) is 9.00. The fourth-order valence-corrected chi connectivity index (χ4v) is 1.61. The number of carbonyl (C=O) groups is 1. The van der Waals surface area contributed by atoms with Crippen molar-refractivity contribution in [3.8, 4) is 5.75 Å². The molecule has 5 heteroatoms. The molecule has 0 aliphatic heterocycles. The number of ether oxygens (including phenoxy) is 1. The van der Waals surface area contributed by atoms with E-state index in [0.29, 0.717) is 18.7 Å². The van der Waals surface area contributed by atoms with E-state index in [4.69, 9.17) is 4.74 Å². The molecule has 1 heterocycles. The van der Waals surface area contributed by atoms with Crippen molar-refractivity contribution in [2.75, 3.05) is 6.61 Å². The van der Waals surface area contributed by atoms with Gasteiger partial charge in [0.05, 0.1) is 18.8 Å². The number of hydrogen-bond acceptors (Lipinski definition) is 3. The first kappa shape index (κ1) is 13.1. The number of H-pyrrole nitrogens is 1. The molecule has 2 N–H and O–H groups in total. The number of rotatable bonds is 6. The van der Waals surface area contributed by atoms with Crippen molar-refractivity contribution in [2.45, 2.75) is 19.9 Å². The van der Waals surface area contributed by atoms with Gasteiger partial charge in [-0.3, -0.25) is 9.89 Å². The van der Waals surface area contributed by atoms with Crippen molar-refractivity contribution < 1.29 is 9.53 Å². The van der Waals surface area contributed by atoms with E-state index < -0.39 is 0 Å². The number of nitrogens with zero attached hydrogens (tertiary/aromatic N) is 1. The van der Waals surface area contributed by atoms with Crippen LogP contribution in [0, 0.1) is 0 Å². The van der Waals surface area contributed by atoms with Gasteiger partial charge in [-0.1, -0.05) is 13.0 Å². The minimum absolute atomic E-state index is 0.128. The summed E-state index contributed by atoms with van der Waals surface area (Å²) >= 11 is 0. The molecule has 1 aromatic carbocycles. The molecule has 0 fully saturated rings. The standard InChI is InChI=1S/C14H17N3O2/c1-2-8-19-13-5-3-4-11(9-13)14(18)15-10-12-6-7-16-17-12/h3-7,9H,2,8,10H2,1H3,(H,15,18)(H,16,17). The quantitative estimate of drug-likeness (QED) is 0.835. The van der Waals surface area contributed by atoms with Gasteiger partial charge in [-0.2, -0.15) is 5.10 Å². The van der Waals surface area contributed by atoms with E-state index in [1.807, 2.05) is 25.1 Å². The normalized spacial score (nSPS) is 10.2. The number of aromatic amines is 1. The van der Waals surface area contributed by atoms with Crippen LogP contribution in [0.4, 0.5) is 0 Å². The molecule has 1 aromatic heterocycles. The van der Waals surface area contributed by atoms with Crippen LogP contribution in [0.25, 0.3) is 0 Å². The van der Waals surface area contributed by atoms with E-state index in [1.165, 1.54) is 0 Å². The average molecular weight is 259 g/mol. The van der Waals surface area contributed by atoms with Crippen molar-refractivity contribution in [1.82, 2.24) is 15.5 Å². The van der Waals surface area contributed by atoms with Crippen LogP contribution in [-0.4, -0.2) is 22.7 Å². The molecular weight excluding hydrogens is 242 g/mol. The number of nitrogens with one attached hydrogen (secondary N) is 2. The van der Waals surface area contributed by atoms with Crippen LogP contribution < -0.4 is 10.1 Å². The van der Waals surface area contributed by atoms with Gasteiger partial charge in [-0.25, -0.2) is 0 Å². The van der Waals surface area contributed by atoms with E-state index in [2.05, 4.69) is 15.5 Å². The summed E-state index contributed by atoms with van der Waals surface area (Å²) < 4.78 is 5.50. The molecule has 0 atom stereocenters. The highest BCUT2D eigenvalue weighted by Gasteiger charge is 2.06. The molecule has 0 radical (unpaired) electrons. The van der Waals surface area contributed by atoms with Crippen molar-refractivity contribution in [3.05, 3.63) is 47.8 Å². The van der Waals surface area contributed by atoms with Gasteiger partial charge in [0, 0.05) is 11.8 Å². The number of aromatic nitrogens is 2. The van der Waals surface area contributed by atoms with E-state index in [0.717, 1.165) is 17.9 Å². The summed E-state index contributed by atoms with van der Waals surface area (Å²) in [7, 11) is 0. The third-order valence-electron chi connectivity index (χ3n) is 2.57. The Bertz CT molecular complexity index is 523. The number of amides is 1. The van der Waals surface area contributed by atoms with Gasteiger partial charge in [0.25, 0.3) is 5.91 Å². The van der Waals surface area contributed by atoms with Gasteiger partial charge < -0.3 is 10.1 Å². The minimum atomic E-state index is -0.128. The topological polar surface area (TPSA) is 67.0 Å². The molecule has 100 valence electrons. The van der Waals surface area contributed by atoms with Gasteiger partial charge in [0.1, 0.15) is 5.75 Å². The Morgan fingerprint density at radius 2 is 2.32 bits per heavy atom. The maximum Gasteiger partial charge on any atom is 0.251 e. The van der Waals surface area contributed by atoms with E-state index in [9.17, 15) is 4.79 Å². The Kier molecular flexibility index (Phi) is 4.55. The Morgan fingerprint density at radius 3 is 3.05 bits per heavy atom. The fraction of sp³-hybridized carbons (Fsp3) is 0.286. The van der Waals surface area contributed by atoms with Crippen LogP contribution in [0.1, 0.15) is 29.4 Å². The summed E-state index contributed by atoms with van der Waals surface area (Å²) in [5.74, 6) is 0.590. The van der Waals surface area contributed by atoms with Gasteiger partial charge in [-0.15, -0.1) is 0 Å². The second-order valence-corrected chi connectivity index (χ2v) is 4.14. The molecule has 1 amide bonds. The lowest BCUT2D eigenvalue weighted by Gasteiger charge is -2.07. The van der Waals surface area contributed by atoms with Crippen LogP contribution >= 0.6 is 0 Å². The van der Waals surface area contributed by atoms with Crippen LogP contribution in [0.15, 0.2) is 36.5 Å². The first-order valence-electron chi connectivity index (χ1n) is 6.29. The van der Waals surface area contributed by atoms with Crippen LogP contribution in [0.5, 0.6) is 5.75 Å². The average Bonchev–Trinajstić information content (AvgIpc) is 2.96. The molecule has 0 saturated heterocycles. The highest BCUT2D eigenvalue weighted by atomic mass is 16.5. The first-order valence-corrected chi connectivity index (χ1v) is 6.29. The van der Waals surface area contributed by atoms with Gasteiger partial charge in [-0.05, 0) is 30.7 Å². The fourth-order valence-electron chi connectivity index (χ4n) is 1.61. The van der Waals surface area contributed by atoms with Crippen LogP contribution in [0.3, 0.4) is 0 Å². The lowest BCUT2D eigenvalue weighted by molar-refractivity contribution is 0.0950. The molecule has 5 nitrogen and oxygen atoms in total. The molecule has 19 heavy (non-hydrogen) atoms. The van der Waals surface area contributed by atoms with E-state index in [1.54, 1.807) is 18.3 Å². The Morgan fingerprint density at radius 1 is 1.42 bits per heavy atom. The third kappa shape index (κ3) is 3.84. The zero-order valence-corrected chi connectivity index (χ0v) is 10.8. The maximum absolute atomic E-state index is 12.0. The molecule has 0 unspecified atom stereocenters. The molecule has 0 saturated carbocycles. The monoisotopic (exact) mass is 259 g/mol. The van der Waals surface area contributed by atoms with Crippen LogP contribution in [0.2, 0.25) is 0 Å². The predicted octanol–water partition coefficient (Wildman–Crippen LogP) is 2.13. The molecule has 2 rings (SSSR count). The minimum Gasteiger partial charge on any atom is -0.494 e.